The first-order chi connectivity index (χ1) is 13.6. The molecule has 0 saturated carbocycles. The van der Waals surface area contributed by atoms with Crippen LogP contribution in [0.25, 0.3) is 10.9 Å². The molecule has 0 radical (unpaired) electrons. The van der Waals surface area contributed by atoms with Gasteiger partial charge in [0.15, 0.2) is 17.4 Å². The Bertz CT molecular complexity index is 1150. The van der Waals surface area contributed by atoms with Crippen LogP contribution in [0.15, 0.2) is 67.1 Å². The molecule has 0 saturated heterocycles. The highest BCUT2D eigenvalue weighted by molar-refractivity contribution is 5.95. The molecule has 28 heavy (non-hydrogen) atoms. The van der Waals surface area contributed by atoms with E-state index in [4.69, 9.17) is 5.73 Å². The first kappa shape index (κ1) is 17.4. The van der Waals surface area contributed by atoms with Crippen molar-refractivity contribution in [2.45, 2.75) is 6.92 Å². The third-order valence-corrected chi connectivity index (χ3v) is 4.32. The highest BCUT2D eigenvalue weighted by Gasteiger charge is 2.11. The van der Waals surface area contributed by atoms with Crippen LogP contribution in [0.2, 0.25) is 0 Å². The molecule has 2 aromatic carbocycles. The molecule has 0 amide bonds. The summed E-state index contributed by atoms with van der Waals surface area (Å²) in [7, 11) is 0. The zero-order valence-corrected chi connectivity index (χ0v) is 15.2. The summed E-state index contributed by atoms with van der Waals surface area (Å²) >= 11 is 0. The van der Waals surface area contributed by atoms with Crippen LogP contribution < -0.4 is 16.4 Å². The Kier molecular flexibility index (Phi) is 4.55. The first-order valence-electron chi connectivity index (χ1n) is 8.71. The summed E-state index contributed by atoms with van der Waals surface area (Å²) in [6.07, 6.45) is 3.18. The molecular weight excluding hydrogens is 352 g/mol. The Labute approximate surface area is 161 Å². The number of nitrogens with two attached hydrogens (primary N) is 1. The summed E-state index contributed by atoms with van der Waals surface area (Å²) in [6.45, 7) is 1.53. The van der Waals surface area contributed by atoms with Crippen LogP contribution in [-0.2, 0) is 0 Å². The molecule has 0 unspecified atom stereocenters. The van der Waals surface area contributed by atoms with Crippen molar-refractivity contribution >= 4 is 45.4 Å². The molecule has 0 fully saturated rings. The zero-order chi connectivity index (χ0) is 19.5. The van der Waals surface area contributed by atoms with E-state index in [1.807, 2.05) is 30.3 Å². The number of nitrogen functional groups attached to an aromatic ring is 1. The van der Waals surface area contributed by atoms with Gasteiger partial charge in [0.05, 0.1) is 11.2 Å². The van der Waals surface area contributed by atoms with Crippen LogP contribution in [0.5, 0.6) is 0 Å². The molecule has 4 aromatic rings. The number of carbonyl (C=O) groups excluding carboxylic acids is 1. The topological polar surface area (TPSA) is 106 Å². The highest BCUT2D eigenvalue weighted by Crippen LogP contribution is 2.30. The number of hydrogen-bond donors (Lipinski definition) is 3. The quantitative estimate of drug-likeness (QED) is 0.450. The molecule has 0 spiro atoms. The minimum Gasteiger partial charge on any atom is -0.393 e. The van der Waals surface area contributed by atoms with E-state index >= 15 is 0 Å². The molecule has 0 aliphatic rings. The van der Waals surface area contributed by atoms with Gasteiger partial charge in [-0.3, -0.25) is 9.78 Å². The van der Waals surface area contributed by atoms with Crippen LogP contribution in [0.4, 0.5) is 28.7 Å². The summed E-state index contributed by atoms with van der Waals surface area (Å²) in [5, 5.41) is 7.42. The number of nitrogens with one attached hydrogen (secondary N) is 2. The number of benzene rings is 2. The molecule has 4 N–H and O–H groups in total. The average molecular weight is 370 g/mol. The van der Waals surface area contributed by atoms with E-state index in [1.165, 1.54) is 13.3 Å². The largest absolute Gasteiger partial charge is 0.393 e. The number of nitrogens with zero attached hydrogens (tertiary/aromatic N) is 3. The van der Waals surface area contributed by atoms with Gasteiger partial charge in [0, 0.05) is 22.8 Å². The first-order valence-corrected chi connectivity index (χ1v) is 8.71. The highest BCUT2D eigenvalue weighted by atomic mass is 16.1. The SMILES string of the molecule is CC(=O)c1ccc(Nc2ncnc(Nc3cccc4cccnc34)c2N)cc1. The standard InChI is InChI=1S/C21H18N6O/c1-13(28)14-7-9-16(10-8-14)26-20-18(22)21(25-12-24-20)27-17-6-2-4-15-5-3-11-23-19(15)17/h2-12H,22H2,1H3,(H2,24,25,26,27). The molecule has 7 nitrogen and oxygen atoms in total. The molecule has 2 heterocycles. The van der Waals surface area contributed by atoms with Crippen LogP contribution in [-0.4, -0.2) is 20.7 Å². The molecule has 2 aromatic heterocycles. The Morgan fingerprint density at radius 1 is 0.893 bits per heavy atom. The van der Waals surface area contributed by atoms with E-state index in [2.05, 4.69) is 25.6 Å². The fourth-order valence-corrected chi connectivity index (χ4v) is 2.85. The Balaban J connectivity index is 1.62. The van der Waals surface area contributed by atoms with Crippen molar-refractivity contribution in [3.63, 3.8) is 0 Å². The van der Waals surface area contributed by atoms with Crippen molar-refractivity contribution in [1.82, 2.24) is 15.0 Å². The predicted molar refractivity (Wildman–Crippen MR) is 111 cm³/mol. The summed E-state index contributed by atoms with van der Waals surface area (Å²) < 4.78 is 0. The fraction of sp³-hybridized carbons (Fsp3) is 0.0476. The summed E-state index contributed by atoms with van der Waals surface area (Å²) in [5.74, 6) is 0.973. The number of anilines is 5. The lowest BCUT2D eigenvalue weighted by molar-refractivity contribution is 0.101. The fourth-order valence-electron chi connectivity index (χ4n) is 2.85. The number of rotatable bonds is 5. The number of Topliss-reactive ketones (excluding diaryl/α,β-unsaturated/α-hetero) is 1. The summed E-state index contributed by atoms with van der Waals surface area (Å²) in [6, 6.07) is 16.9. The Hall–Kier alpha value is -4.00. The number of carbonyl (C=O) groups is 1. The minimum absolute atomic E-state index is 0.0169. The van der Waals surface area contributed by atoms with Gasteiger partial charge in [-0.2, -0.15) is 0 Å². The van der Waals surface area contributed by atoms with Crippen molar-refractivity contribution in [2.75, 3.05) is 16.4 Å². The van der Waals surface area contributed by atoms with Crippen molar-refractivity contribution in [2.24, 2.45) is 0 Å². The van der Waals surface area contributed by atoms with Gasteiger partial charge in [0.1, 0.15) is 12.0 Å². The van der Waals surface area contributed by atoms with Crippen LogP contribution in [0, 0.1) is 0 Å². The second-order valence-corrected chi connectivity index (χ2v) is 6.25. The van der Waals surface area contributed by atoms with Crippen molar-refractivity contribution in [1.29, 1.82) is 0 Å². The normalized spacial score (nSPS) is 10.6. The van der Waals surface area contributed by atoms with E-state index in [9.17, 15) is 4.79 Å². The van der Waals surface area contributed by atoms with E-state index in [1.54, 1.807) is 30.5 Å². The van der Waals surface area contributed by atoms with E-state index in [0.717, 1.165) is 22.3 Å². The lowest BCUT2D eigenvalue weighted by Crippen LogP contribution is -2.05. The Morgan fingerprint density at radius 2 is 1.61 bits per heavy atom. The number of para-hydroxylation sites is 1. The van der Waals surface area contributed by atoms with E-state index < -0.39 is 0 Å². The number of aromatic nitrogens is 3. The molecule has 0 aliphatic carbocycles. The molecule has 0 aliphatic heterocycles. The van der Waals surface area contributed by atoms with Gasteiger partial charge in [-0.05, 0) is 43.3 Å². The van der Waals surface area contributed by atoms with Gasteiger partial charge in [0.25, 0.3) is 0 Å². The Morgan fingerprint density at radius 3 is 2.36 bits per heavy atom. The lowest BCUT2D eigenvalue weighted by Gasteiger charge is -2.13. The summed E-state index contributed by atoms with van der Waals surface area (Å²) in [4.78, 5) is 24.3. The number of pyridine rings is 1. The van der Waals surface area contributed by atoms with Crippen molar-refractivity contribution in [3.8, 4) is 0 Å². The van der Waals surface area contributed by atoms with Gasteiger partial charge in [-0.1, -0.05) is 18.2 Å². The summed E-state index contributed by atoms with van der Waals surface area (Å²) in [5.41, 5.74) is 9.71. The second kappa shape index (κ2) is 7.32. The van der Waals surface area contributed by atoms with Gasteiger partial charge < -0.3 is 16.4 Å². The smallest absolute Gasteiger partial charge is 0.159 e. The molecular formula is C21H18N6O. The van der Waals surface area contributed by atoms with Crippen LogP contribution >= 0.6 is 0 Å². The number of hydrogen-bond acceptors (Lipinski definition) is 7. The van der Waals surface area contributed by atoms with Crippen LogP contribution in [0.3, 0.4) is 0 Å². The monoisotopic (exact) mass is 370 g/mol. The van der Waals surface area contributed by atoms with Gasteiger partial charge >= 0.3 is 0 Å². The lowest BCUT2D eigenvalue weighted by atomic mass is 10.1. The van der Waals surface area contributed by atoms with Gasteiger partial charge in [-0.15, -0.1) is 0 Å². The number of fused-ring (bicyclic) bond motifs is 1. The molecule has 4 rings (SSSR count). The molecule has 0 bridgehead atoms. The van der Waals surface area contributed by atoms with E-state index in [-0.39, 0.29) is 5.78 Å². The average Bonchev–Trinajstić information content (AvgIpc) is 2.71. The van der Waals surface area contributed by atoms with Crippen LogP contribution in [0.1, 0.15) is 17.3 Å². The third-order valence-electron chi connectivity index (χ3n) is 4.32. The van der Waals surface area contributed by atoms with Gasteiger partial charge in [-0.25, -0.2) is 9.97 Å². The van der Waals surface area contributed by atoms with Crippen molar-refractivity contribution in [3.05, 3.63) is 72.7 Å². The third kappa shape index (κ3) is 3.45. The zero-order valence-electron chi connectivity index (χ0n) is 15.2. The van der Waals surface area contributed by atoms with E-state index in [0.29, 0.717) is 22.9 Å². The maximum Gasteiger partial charge on any atom is 0.159 e. The minimum atomic E-state index is 0.0169. The van der Waals surface area contributed by atoms with Gasteiger partial charge in [0.2, 0.25) is 0 Å². The molecule has 138 valence electrons. The maximum atomic E-state index is 11.4. The molecule has 0 atom stereocenters. The van der Waals surface area contributed by atoms with Crippen molar-refractivity contribution < 1.29 is 4.79 Å². The predicted octanol–water partition coefficient (Wildman–Crippen LogP) is 4.30. The maximum absolute atomic E-state index is 11.4. The molecule has 7 heteroatoms. The number of ketones is 1. The second-order valence-electron chi connectivity index (χ2n) is 6.25.